The third-order valence-corrected chi connectivity index (χ3v) is 5.62. The van der Waals surface area contributed by atoms with Crippen molar-refractivity contribution in [3.05, 3.63) is 62.4 Å². The van der Waals surface area contributed by atoms with Crippen LogP contribution in [0.15, 0.2) is 51.2 Å². The van der Waals surface area contributed by atoms with Crippen molar-refractivity contribution >= 4 is 51.9 Å². The van der Waals surface area contributed by atoms with E-state index in [0.717, 1.165) is 21.5 Å². The number of nitrogens with zero attached hydrogens (tertiary/aromatic N) is 3. The predicted molar refractivity (Wildman–Crippen MR) is 101 cm³/mol. The standard InChI is InChI=1S/C17H10ClN3O3S2/c18-12-6-2-1-5-11(12)15-19-14(20-24-15)9-21-16(22)13(26-17(21)23)8-10-4-3-7-25-10/h1-8H,9H2/b13-8-. The molecule has 0 aliphatic carbocycles. The fraction of sp³-hybridized carbons (Fsp3) is 0.0588. The van der Waals surface area contributed by atoms with E-state index in [1.807, 2.05) is 17.5 Å². The predicted octanol–water partition coefficient (Wildman–Crippen LogP) is 4.69. The topological polar surface area (TPSA) is 76.3 Å². The molecule has 9 heteroatoms. The zero-order valence-electron chi connectivity index (χ0n) is 13.1. The highest BCUT2D eigenvalue weighted by Crippen LogP contribution is 2.34. The van der Waals surface area contributed by atoms with Crippen molar-refractivity contribution in [3.63, 3.8) is 0 Å². The van der Waals surface area contributed by atoms with Gasteiger partial charge in [0.2, 0.25) is 0 Å². The van der Waals surface area contributed by atoms with E-state index in [0.29, 0.717) is 15.5 Å². The fourth-order valence-corrected chi connectivity index (χ4v) is 4.12. The molecule has 2 amide bonds. The Morgan fingerprint density at radius 2 is 2.04 bits per heavy atom. The van der Waals surface area contributed by atoms with Gasteiger partial charge in [-0.05, 0) is 41.4 Å². The molecule has 0 N–H and O–H groups in total. The van der Waals surface area contributed by atoms with Gasteiger partial charge in [0.15, 0.2) is 5.82 Å². The van der Waals surface area contributed by atoms with Crippen LogP contribution < -0.4 is 0 Å². The Morgan fingerprint density at radius 1 is 1.19 bits per heavy atom. The summed E-state index contributed by atoms with van der Waals surface area (Å²) in [5, 5.41) is 5.88. The SMILES string of the molecule is O=C1S/C(=C\c2cccs2)C(=O)N1Cc1noc(-c2ccccc2Cl)n1. The molecule has 3 heterocycles. The number of thiophene rings is 1. The molecule has 1 saturated heterocycles. The summed E-state index contributed by atoms with van der Waals surface area (Å²) in [5.41, 5.74) is 0.597. The van der Waals surface area contributed by atoms with Crippen molar-refractivity contribution in [2.75, 3.05) is 0 Å². The van der Waals surface area contributed by atoms with Gasteiger partial charge in [0.05, 0.1) is 22.0 Å². The van der Waals surface area contributed by atoms with Crippen LogP contribution >= 0.6 is 34.7 Å². The number of benzene rings is 1. The van der Waals surface area contributed by atoms with E-state index in [1.165, 1.54) is 11.3 Å². The first-order valence-electron chi connectivity index (χ1n) is 7.48. The summed E-state index contributed by atoms with van der Waals surface area (Å²) in [4.78, 5) is 31.3. The molecule has 0 spiro atoms. The average Bonchev–Trinajstić information content (AvgIpc) is 3.35. The van der Waals surface area contributed by atoms with Gasteiger partial charge >= 0.3 is 0 Å². The number of carbonyl (C=O) groups excluding carboxylic acids is 2. The van der Waals surface area contributed by atoms with Gasteiger partial charge in [0.25, 0.3) is 17.0 Å². The summed E-state index contributed by atoms with van der Waals surface area (Å²) in [6.07, 6.45) is 1.71. The number of thioether (sulfide) groups is 1. The van der Waals surface area contributed by atoms with Crippen LogP contribution in [0.3, 0.4) is 0 Å². The molecule has 0 bridgehead atoms. The summed E-state index contributed by atoms with van der Waals surface area (Å²) < 4.78 is 5.21. The van der Waals surface area contributed by atoms with E-state index < -0.39 is 0 Å². The molecule has 0 saturated carbocycles. The van der Waals surface area contributed by atoms with Crippen molar-refractivity contribution in [1.29, 1.82) is 0 Å². The maximum Gasteiger partial charge on any atom is 0.293 e. The van der Waals surface area contributed by atoms with Crippen molar-refractivity contribution in [3.8, 4) is 11.5 Å². The Bertz CT molecular complexity index is 1010. The monoisotopic (exact) mass is 403 g/mol. The van der Waals surface area contributed by atoms with Gasteiger partial charge in [-0.1, -0.05) is 35.0 Å². The molecule has 1 aliphatic rings. The molecule has 130 valence electrons. The van der Waals surface area contributed by atoms with Crippen molar-refractivity contribution < 1.29 is 14.1 Å². The van der Waals surface area contributed by atoms with Crippen LogP contribution in [0.4, 0.5) is 4.79 Å². The third kappa shape index (κ3) is 3.31. The number of rotatable bonds is 4. The Hall–Kier alpha value is -2.42. The summed E-state index contributed by atoms with van der Waals surface area (Å²) in [6.45, 7) is -0.0552. The van der Waals surface area contributed by atoms with Crippen molar-refractivity contribution in [1.82, 2.24) is 15.0 Å². The minimum absolute atomic E-state index is 0.0552. The zero-order valence-corrected chi connectivity index (χ0v) is 15.5. The quantitative estimate of drug-likeness (QED) is 0.588. The minimum Gasteiger partial charge on any atom is -0.334 e. The summed E-state index contributed by atoms with van der Waals surface area (Å²) >= 11 is 8.51. The Balaban J connectivity index is 1.54. The Labute approximate surface area is 161 Å². The summed E-state index contributed by atoms with van der Waals surface area (Å²) in [5.74, 6) is 0.115. The molecule has 1 fully saturated rings. The van der Waals surface area contributed by atoms with Crippen molar-refractivity contribution in [2.45, 2.75) is 6.54 Å². The largest absolute Gasteiger partial charge is 0.334 e. The van der Waals surface area contributed by atoms with E-state index >= 15 is 0 Å². The van der Waals surface area contributed by atoms with Crippen LogP contribution in [-0.4, -0.2) is 26.2 Å². The van der Waals surface area contributed by atoms with E-state index in [2.05, 4.69) is 10.1 Å². The van der Waals surface area contributed by atoms with Gasteiger partial charge in [-0.15, -0.1) is 11.3 Å². The van der Waals surface area contributed by atoms with Gasteiger partial charge in [0.1, 0.15) is 0 Å². The summed E-state index contributed by atoms with van der Waals surface area (Å²) in [7, 11) is 0. The Morgan fingerprint density at radius 3 is 2.81 bits per heavy atom. The summed E-state index contributed by atoms with van der Waals surface area (Å²) in [6, 6.07) is 10.8. The third-order valence-electron chi connectivity index (χ3n) is 3.56. The second kappa shape index (κ2) is 7.06. The number of hydrogen-bond donors (Lipinski definition) is 0. The van der Waals surface area contributed by atoms with Crippen LogP contribution in [0.25, 0.3) is 17.5 Å². The van der Waals surface area contributed by atoms with Gasteiger partial charge in [-0.2, -0.15) is 4.98 Å². The normalized spacial score (nSPS) is 16.0. The van der Waals surface area contributed by atoms with Gasteiger partial charge < -0.3 is 4.52 Å². The number of aromatic nitrogens is 2. The highest BCUT2D eigenvalue weighted by molar-refractivity contribution is 8.18. The molecule has 1 aromatic carbocycles. The lowest BCUT2D eigenvalue weighted by molar-refractivity contribution is -0.123. The first-order valence-corrected chi connectivity index (χ1v) is 9.55. The van der Waals surface area contributed by atoms with Crippen LogP contribution in [0.5, 0.6) is 0 Å². The number of halogens is 1. The molecule has 0 atom stereocenters. The number of imide groups is 1. The lowest BCUT2D eigenvalue weighted by atomic mass is 10.2. The number of carbonyl (C=O) groups is 2. The highest BCUT2D eigenvalue weighted by atomic mass is 35.5. The second-order valence-electron chi connectivity index (χ2n) is 5.28. The first-order chi connectivity index (χ1) is 12.6. The Kier molecular flexibility index (Phi) is 4.62. The second-order valence-corrected chi connectivity index (χ2v) is 7.66. The van der Waals surface area contributed by atoms with Gasteiger partial charge in [-0.3, -0.25) is 14.5 Å². The van der Waals surface area contributed by atoms with Crippen molar-refractivity contribution in [2.24, 2.45) is 0 Å². The highest BCUT2D eigenvalue weighted by Gasteiger charge is 2.36. The maximum absolute atomic E-state index is 12.5. The molecule has 1 aliphatic heterocycles. The smallest absolute Gasteiger partial charge is 0.293 e. The molecule has 2 aromatic heterocycles. The molecular weight excluding hydrogens is 394 g/mol. The fourth-order valence-electron chi connectivity index (χ4n) is 2.34. The van der Waals surface area contributed by atoms with Gasteiger partial charge in [-0.25, -0.2) is 0 Å². The van der Waals surface area contributed by atoms with Crippen LogP contribution in [-0.2, 0) is 11.3 Å². The van der Waals surface area contributed by atoms with Crippen LogP contribution in [0.1, 0.15) is 10.7 Å². The molecule has 3 aromatic rings. The average molecular weight is 404 g/mol. The number of amides is 2. The number of hydrogen-bond acceptors (Lipinski definition) is 7. The molecule has 0 radical (unpaired) electrons. The van der Waals surface area contributed by atoms with Crippen LogP contribution in [0, 0.1) is 0 Å². The van der Waals surface area contributed by atoms with E-state index in [9.17, 15) is 9.59 Å². The molecule has 6 nitrogen and oxygen atoms in total. The lowest BCUT2D eigenvalue weighted by Crippen LogP contribution is -2.28. The van der Waals surface area contributed by atoms with E-state index in [4.69, 9.17) is 16.1 Å². The maximum atomic E-state index is 12.5. The lowest BCUT2D eigenvalue weighted by Gasteiger charge is -2.08. The molecule has 0 unspecified atom stereocenters. The first kappa shape index (κ1) is 17.0. The zero-order chi connectivity index (χ0) is 18.1. The van der Waals surface area contributed by atoms with Gasteiger partial charge in [0, 0.05) is 4.88 Å². The minimum atomic E-state index is -0.363. The van der Waals surface area contributed by atoms with Crippen LogP contribution in [0.2, 0.25) is 5.02 Å². The molecule has 4 rings (SSSR count). The molecule has 26 heavy (non-hydrogen) atoms. The van der Waals surface area contributed by atoms with E-state index in [-0.39, 0.29) is 29.4 Å². The van der Waals surface area contributed by atoms with E-state index in [1.54, 1.807) is 30.3 Å². The molecular formula is C17H10ClN3O3S2.